The number of benzene rings is 1. The van der Waals surface area contributed by atoms with Crippen LogP contribution < -0.4 is 10.6 Å². The predicted molar refractivity (Wildman–Crippen MR) is 143 cm³/mol. The summed E-state index contributed by atoms with van der Waals surface area (Å²) in [7, 11) is 1.75. The first-order valence-corrected chi connectivity index (χ1v) is 11.5. The molecule has 1 aromatic carbocycles. The number of carbonyl (C=O) groups excluding carboxylic acids is 1. The van der Waals surface area contributed by atoms with Gasteiger partial charge in [0.2, 0.25) is 0 Å². The summed E-state index contributed by atoms with van der Waals surface area (Å²) >= 11 is 0. The largest absolute Gasteiger partial charge is 0.444 e. The average Bonchev–Trinajstić information content (AvgIpc) is 3.18. The van der Waals surface area contributed by atoms with Gasteiger partial charge in [-0.15, -0.1) is 24.0 Å². The highest BCUT2D eigenvalue weighted by Gasteiger charge is 2.21. The summed E-state index contributed by atoms with van der Waals surface area (Å²) < 4.78 is 5.41. The van der Waals surface area contributed by atoms with E-state index in [0.29, 0.717) is 19.0 Å². The molecule has 0 bridgehead atoms. The third-order valence-electron chi connectivity index (χ3n) is 5.29. The summed E-state index contributed by atoms with van der Waals surface area (Å²) in [5, 5.41) is 6.84. The van der Waals surface area contributed by atoms with Crippen LogP contribution in [0.25, 0.3) is 0 Å². The Kier molecular flexibility index (Phi) is 12.3. The molecular formula is C24H42IN5O2. The van der Waals surface area contributed by atoms with Crippen LogP contribution in [0.4, 0.5) is 4.79 Å². The summed E-state index contributed by atoms with van der Waals surface area (Å²) in [4.78, 5) is 21.0. The van der Waals surface area contributed by atoms with Crippen LogP contribution in [-0.4, -0.2) is 67.2 Å². The van der Waals surface area contributed by atoms with E-state index in [-0.39, 0.29) is 30.1 Å². The van der Waals surface area contributed by atoms with Crippen LogP contribution in [0.1, 0.15) is 52.2 Å². The summed E-state index contributed by atoms with van der Waals surface area (Å²) in [5.41, 5.74) is 1.71. The standard InChI is InChI=1S/C24H41N5O2.HI/c1-7-25-22(27-16-21-13-14-29(8-2)18-21)26-15-19-9-11-20(12-10-19)17-28(6)23(30)31-24(3,4)5;/h9-12,21H,7-8,13-18H2,1-6H3,(H2,25,26,27);1H. The van der Waals surface area contributed by atoms with Gasteiger partial charge in [0, 0.05) is 33.2 Å². The number of amides is 1. The van der Waals surface area contributed by atoms with Gasteiger partial charge in [0.25, 0.3) is 0 Å². The van der Waals surface area contributed by atoms with Gasteiger partial charge in [-0.3, -0.25) is 0 Å². The highest BCUT2D eigenvalue weighted by molar-refractivity contribution is 14.0. The lowest BCUT2D eigenvalue weighted by Gasteiger charge is -2.24. The molecule has 7 nitrogen and oxygen atoms in total. The van der Waals surface area contributed by atoms with Crippen molar-refractivity contribution in [3.63, 3.8) is 0 Å². The number of aliphatic imine (C=N–C) groups is 1. The van der Waals surface area contributed by atoms with E-state index >= 15 is 0 Å². The first-order chi connectivity index (χ1) is 14.7. The molecule has 182 valence electrons. The number of ether oxygens (including phenoxy) is 1. The topological polar surface area (TPSA) is 69.2 Å². The molecule has 1 aliphatic heterocycles. The fourth-order valence-corrected chi connectivity index (χ4v) is 3.55. The number of rotatable bonds is 8. The van der Waals surface area contributed by atoms with Crippen molar-refractivity contribution in [1.29, 1.82) is 0 Å². The summed E-state index contributed by atoms with van der Waals surface area (Å²) in [6.45, 7) is 16.4. The zero-order valence-electron chi connectivity index (χ0n) is 20.6. The van der Waals surface area contributed by atoms with Gasteiger partial charge in [-0.2, -0.15) is 0 Å². The van der Waals surface area contributed by atoms with Crippen molar-refractivity contribution in [2.75, 3.05) is 39.8 Å². The van der Waals surface area contributed by atoms with E-state index in [1.54, 1.807) is 11.9 Å². The Morgan fingerprint density at radius 1 is 1.19 bits per heavy atom. The Labute approximate surface area is 211 Å². The molecule has 1 unspecified atom stereocenters. The Morgan fingerprint density at radius 2 is 1.84 bits per heavy atom. The highest BCUT2D eigenvalue weighted by Crippen LogP contribution is 2.15. The first kappa shape index (κ1) is 28.5. The second-order valence-corrected chi connectivity index (χ2v) is 9.28. The lowest BCUT2D eigenvalue weighted by Crippen LogP contribution is -2.40. The second-order valence-electron chi connectivity index (χ2n) is 9.28. The minimum atomic E-state index is -0.487. The van der Waals surface area contributed by atoms with Crippen molar-refractivity contribution in [2.24, 2.45) is 10.9 Å². The Hall–Kier alpha value is -1.55. The number of guanidine groups is 1. The number of halogens is 1. The number of carbonyl (C=O) groups is 1. The lowest BCUT2D eigenvalue weighted by molar-refractivity contribution is 0.0285. The molecule has 1 atom stereocenters. The Balaban J connectivity index is 0.00000512. The SMILES string of the molecule is CCNC(=NCc1ccc(CN(C)C(=O)OC(C)(C)C)cc1)NCC1CCN(CC)C1.I. The van der Waals surface area contributed by atoms with Crippen LogP contribution in [0.15, 0.2) is 29.3 Å². The van der Waals surface area contributed by atoms with Gasteiger partial charge in [-0.05, 0) is 64.3 Å². The van der Waals surface area contributed by atoms with Crippen molar-refractivity contribution in [3.05, 3.63) is 35.4 Å². The van der Waals surface area contributed by atoms with E-state index in [0.717, 1.165) is 36.7 Å². The Bertz CT molecular complexity index is 718. The number of nitrogens with one attached hydrogen (secondary N) is 2. The molecule has 1 aromatic rings. The molecule has 0 aliphatic carbocycles. The third-order valence-corrected chi connectivity index (χ3v) is 5.29. The van der Waals surface area contributed by atoms with Crippen LogP contribution in [-0.2, 0) is 17.8 Å². The number of hydrogen-bond donors (Lipinski definition) is 2. The number of hydrogen-bond acceptors (Lipinski definition) is 4. The highest BCUT2D eigenvalue weighted by atomic mass is 127. The Morgan fingerprint density at radius 3 is 2.41 bits per heavy atom. The fraction of sp³-hybridized carbons (Fsp3) is 0.667. The second kappa shape index (κ2) is 13.9. The van der Waals surface area contributed by atoms with Crippen molar-refractivity contribution >= 4 is 36.0 Å². The maximum atomic E-state index is 12.1. The van der Waals surface area contributed by atoms with E-state index in [1.807, 2.05) is 32.9 Å². The van der Waals surface area contributed by atoms with E-state index < -0.39 is 5.60 Å². The van der Waals surface area contributed by atoms with Crippen LogP contribution in [0, 0.1) is 5.92 Å². The monoisotopic (exact) mass is 559 g/mol. The van der Waals surface area contributed by atoms with Crippen LogP contribution >= 0.6 is 24.0 Å². The average molecular weight is 560 g/mol. The van der Waals surface area contributed by atoms with Gasteiger partial charge in [-0.1, -0.05) is 31.2 Å². The van der Waals surface area contributed by atoms with Crippen molar-refractivity contribution in [1.82, 2.24) is 20.4 Å². The van der Waals surface area contributed by atoms with Gasteiger partial charge < -0.3 is 25.2 Å². The van der Waals surface area contributed by atoms with Crippen LogP contribution in [0.5, 0.6) is 0 Å². The molecule has 0 saturated carbocycles. The van der Waals surface area contributed by atoms with Gasteiger partial charge in [0.05, 0.1) is 6.54 Å². The number of nitrogens with zero attached hydrogens (tertiary/aromatic N) is 3. The quantitative estimate of drug-likeness (QED) is 0.286. The summed E-state index contributed by atoms with van der Waals surface area (Å²) in [5.74, 6) is 1.55. The molecule has 0 aromatic heterocycles. The molecule has 1 saturated heterocycles. The van der Waals surface area contributed by atoms with E-state index in [2.05, 4.69) is 41.5 Å². The zero-order chi connectivity index (χ0) is 22.9. The summed E-state index contributed by atoms with van der Waals surface area (Å²) in [6, 6.07) is 8.23. The predicted octanol–water partition coefficient (Wildman–Crippen LogP) is 4.07. The summed E-state index contributed by atoms with van der Waals surface area (Å²) in [6.07, 6.45) is 0.936. The molecule has 1 heterocycles. The van der Waals surface area contributed by atoms with E-state index in [1.165, 1.54) is 19.5 Å². The lowest BCUT2D eigenvalue weighted by atomic mass is 10.1. The van der Waals surface area contributed by atoms with Crippen molar-refractivity contribution < 1.29 is 9.53 Å². The molecule has 0 spiro atoms. The van der Waals surface area contributed by atoms with Gasteiger partial charge >= 0.3 is 6.09 Å². The van der Waals surface area contributed by atoms with Gasteiger partial charge in [0.15, 0.2) is 5.96 Å². The zero-order valence-corrected chi connectivity index (χ0v) is 22.9. The molecule has 1 fully saturated rings. The fourth-order valence-electron chi connectivity index (χ4n) is 3.55. The smallest absolute Gasteiger partial charge is 0.410 e. The molecule has 1 amide bonds. The van der Waals surface area contributed by atoms with Gasteiger partial charge in [-0.25, -0.2) is 9.79 Å². The van der Waals surface area contributed by atoms with Gasteiger partial charge in [0.1, 0.15) is 5.60 Å². The maximum Gasteiger partial charge on any atom is 0.410 e. The van der Waals surface area contributed by atoms with E-state index in [4.69, 9.17) is 9.73 Å². The first-order valence-electron chi connectivity index (χ1n) is 11.5. The molecule has 8 heteroatoms. The van der Waals surface area contributed by atoms with Crippen LogP contribution in [0.2, 0.25) is 0 Å². The molecule has 2 N–H and O–H groups in total. The molecule has 0 radical (unpaired) electrons. The van der Waals surface area contributed by atoms with Crippen LogP contribution in [0.3, 0.4) is 0 Å². The third kappa shape index (κ3) is 10.4. The molecule has 1 aliphatic rings. The normalized spacial score (nSPS) is 16.9. The van der Waals surface area contributed by atoms with Crippen molar-refractivity contribution in [3.8, 4) is 0 Å². The molecule has 32 heavy (non-hydrogen) atoms. The van der Waals surface area contributed by atoms with E-state index in [9.17, 15) is 4.79 Å². The van der Waals surface area contributed by atoms with Crippen molar-refractivity contribution in [2.45, 2.75) is 59.7 Å². The minimum absolute atomic E-state index is 0. The number of likely N-dealkylation sites (tertiary alicyclic amines) is 1. The molecular weight excluding hydrogens is 517 g/mol. The minimum Gasteiger partial charge on any atom is -0.444 e. The molecule has 2 rings (SSSR count). The maximum absolute atomic E-state index is 12.1.